The largest absolute Gasteiger partial charge is 0.480 e. The van der Waals surface area contributed by atoms with Crippen LogP contribution in [0.3, 0.4) is 0 Å². The van der Waals surface area contributed by atoms with Gasteiger partial charge in [-0.05, 0) is 43.6 Å². The number of halogens is 4. The molecule has 1 aromatic carbocycles. The highest BCUT2D eigenvalue weighted by Gasteiger charge is 2.32. The molecule has 1 aliphatic rings. The number of hydrogen-bond donors (Lipinski definition) is 1. The number of alkyl halides is 3. The molecule has 0 bridgehead atoms. The minimum Gasteiger partial charge on any atom is -0.480 e. The molecule has 1 aliphatic heterocycles. The van der Waals surface area contributed by atoms with Gasteiger partial charge in [-0.2, -0.15) is 13.2 Å². The summed E-state index contributed by atoms with van der Waals surface area (Å²) in [5, 5.41) is 9.34. The summed E-state index contributed by atoms with van der Waals surface area (Å²) in [6.45, 7) is 1.33. The fourth-order valence-corrected chi connectivity index (χ4v) is 2.54. The zero-order valence-corrected chi connectivity index (χ0v) is 12.1. The fourth-order valence-electron chi connectivity index (χ4n) is 2.54. The minimum absolute atomic E-state index is 0. The highest BCUT2D eigenvalue weighted by molar-refractivity contribution is 5.85. The van der Waals surface area contributed by atoms with Gasteiger partial charge < -0.3 is 5.11 Å². The van der Waals surface area contributed by atoms with E-state index >= 15 is 0 Å². The van der Waals surface area contributed by atoms with Crippen molar-refractivity contribution in [3.63, 3.8) is 0 Å². The second-order valence-corrected chi connectivity index (χ2v) is 4.96. The Hall–Kier alpha value is -1.27. The van der Waals surface area contributed by atoms with Crippen molar-refractivity contribution in [2.75, 3.05) is 13.1 Å². The summed E-state index contributed by atoms with van der Waals surface area (Å²) in [5.41, 5.74) is -0.364. The van der Waals surface area contributed by atoms with Crippen LogP contribution < -0.4 is 0 Å². The Labute approximate surface area is 127 Å². The molecule has 0 aliphatic carbocycles. The van der Waals surface area contributed by atoms with Crippen LogP contribution in [0.25, 0.3) is 0 Å². The third-order valence-electron chi connectivity index (χ3n) is 3.54. The molecule has 0 spiro atoms. The van der Waals surface area contributed by atoms with Crippen molar-refractivity contribution in [3.05, 3.63) is 35.4 Å². The van der Waals surface area contributed by atoms with Gasteiger partial charge in [0.05, 0.1) is 5.56 Å². The molecule has 1 heterocycles. The van der Waals surface area contributed by atoms with Crippen LogP contribution in [0, 0.1) is 0 Å². The molecule has 21 heavy (non-hydrogen) atoms. The SMILES string of the molecule is Cl.O=C(O)C(c1ccc(C(F)(F)F)cc1)N1CCCCC1. The molecule has 0 amide bonds. The van der Waals surface area contributed by atoms with Gasteiger partial charge in [0.15, 0.2) is 0 Å². The number of rotatable bonds is 3. The lowest BCUT2D eigenvalue weighted by molar-refractivity contribution is -0.144. The summed E-state index contributed by atoms with van der Waals surface area (Å²) in [5.74, 6) is -1.02. The van der Waals surface area contributed by atoms with Gasteiger partial charge >= 0.3 is 12.1 Å². The summed E-state index contributed by atoms with van der Waals surface area (Å²) < 4.78 is 37.5. The van der Waals surface area contributed by atoms with E-state index in [2.05, 4.69) is 0 Å². The number of carboxylic acids is 1. The Kier molecular flexibility index (Phi) is 6.04. The van der Waals surface area contributed by atoms with Gasteiger partial charge in [0, 0.05) is 0 Å². The molecule has 3 nitrogen and oxygen atoms in total. The summed E-state index contributed by atoms with van der Waals surface area (Å²) in [6.07, 6.45) is -1.49. The van der Waals surface area contributed by atoms with Gasteiger partial charge in [0.2, 0.25) is 0 Å². The number of carbonyl (C=O) groups is 1. The van der Waals surface area contributed by atoms with E-state index in [0.29, 0.717) is 18.7 Å². The first-order valence-electron chi connectivity index (χ1n) is 6.53. The molecule has 0 saturated carbocycles. The minimum atomic E-state index is -4.40. The Bertz CT molecular complexity index is 470. The van der Waals surface area contributed by atoms with Crippen LogP contribution in [0.1, 0.15) is 36.4 Å². The van der Waals surface area contributed by atoms with Crippen molar-refractivity contribution in [1.82, 2.24) is 4.90 Å². The third kappa shape index (κ3) is 4.35. The van der Waals surface area contributed by atoms with E-state index in [1.807, 2.05) is 4.90 Å². The fraction of sp³-hybridized carbons (Fsp3) is 0.500. The van der Waals surface area contributed by atoms with Gasteiger partial charge in [-0.25, -0.2) is 0 Å². The first-order valence-corrected chi connectivity index (χ1v) is 6.53. The van der Waals surface area contributed by atoms with Crippen LogP contribution in [-0.4, -0.2) is 29.1 Å². The van der Waals surface area contributed by atoms with Crippen molar-refractivity contribution >= 4 is 18.4 Å². The van der Waals surface area contributed by atoms with E-state index in [4.69, 9.17) is 0 Å². The normalized spacial score (nSPS) is 17.9. The molecule has 1 aromatic rings. The Morgan fingerprint density at radius 3 is 2.05 bits per heavy atom. The molecule has 7 heteroatoms. The van der Waals surface area contributed by atoms with Gasteiger partial charge in [0.1, 0.15) is 6.04 Å². The average Bonchev–Trinajstić information content (AvgIpc) is 2.39. The molecule has 1 fully saturated rings. The Morgan fingerprint density at radius 1 is 1.10 bits per heavy atom. The maximum Gasteiger partial charge on any atom is 0.416 e. The van der Waals surface area contributed by atoms with Crippen molar-refractivity contribution < 1.29 is 23.1 Å². The molecule has 0 aromatic heterocycles. The van der Waals surface area contributed by atoms with Crippen LogP contribution in [0.5, 0.6) is 0 Å². The molecular weight excluding hydrogens is 307 g/mol. The van der Waals surface area contributed by atoms with Crippen LogP contribution in [0.4, 0.5) is 13.2 Å². The standard InChI is InChI=1S/C14H16F3NO2.ClH/c15-14(16,17)11-6-4-10(5-7-11)12(13(19)20)18-8-2-1-3-9-18;/h4-7,12H,1-3,8-9H2,(H,19,20);1H. The van der Waals surface area contributed by atoms with Crippen molar-refractivity contribution in [1.29, 1.82) is 0 Å². The molecule has 1 atom stereocenters. The summed E-state index contributed by atoms with van der Waals surface area (Å²) in [4.78, 5) is 13.2. The number of piperidine rings is 1. The Balaban J connectivity index is 0.00000220. The van der Waals surface area contributed by atoms with Crippen molar-refractivity contribution in [3.8, 4) is 0 Å². The smallest absolute Gasteiger partial charge is 0.416 e. The zero-order valence-electron chi connectivity index (χ0n) is 11.3. The third-order valence-corrected chi connectivity index (χ3v) is 3.54. The van der Waals surface area contributed by atoms with E-state index in [1.165, 1.54) is 12.1 Å². The zero-order chi connectivity index (χ0) is 14.8. The van der Waals surface area contributed by atoms with Crippen LogP contribution in [-0.2, 0) is 11.0 Å². The highest BCUT2D eigenvalue weighted by atomic mass is 35.5. The van der Waals surface area contributed by atoms with Crippen LogP contribution >= 0.6 is 12.4 Å². The molecule has 1 unspecified atom stereocenters. The Morgan fingerprint density at radius 2 is 1.62 bits per heavy atom. The topological polar surface area (TPSA) is 40.5 Å². The van der Waals surface area contributed by atoms with Crippen LogP contribution in [0.2, 0.25) is 0 Å². The van der Waals surface area contributed by atoms with E-state index in [-0.39, 0.29) is 12.4 Å². The monoisotopic (exact) mass is 323 g/mol. The highest BCUT2D eigenvalue weighted by Crippen LogP contribution is 2.31. The van der Waals surface area contributed by atoms with E-state index in [1.54, 1.807) is 0 Å². The number of nitrogens with zero attached hydrogens (tertiary/aromatic N) is 1. The lowest BCUT2D eigenvalue weighted by Crippen LogP contribution is -2.37. The lowest BCUT2D eigenvalue weighted by Gasteiger charge is -2.32. The number of carboxylic acid groups (broad SMARTS) is 1. The maximum atomic E-state index is 12.5. The first-order chi connectivity index (χ1) is 9.39. The van der Waals surface area contributed by atoms with E-state index in [9.17, 15) is 23.1 Å². The maximum absolute atomic E-state index is 12.5. The quantitative estimate of drug-likeness (QED) is 0.921. The van der Waals surface area contributed by atoms with Gasteiger partial charge in [-0.3, -0.25) is 9.69 Å². The van der Waals surface area contributed by atoms with Gasteiger partial charge in [-0.1, -0.05) is 18.6 Å². The molecule has 118 valence electrons. The molecule has 1 saturated heterocycles. The molecular formula is C14H17ClF3NO2. The van der Waals surface area contributed by atoms with Gasteiger partial charge in [0.25, 0.3) is 0 Å². The second-order valence-electron chi connectivity index (χ2n) is 4.96. The number of benzene rings is 1. The van der Waals surface area contributed by atoms with E-state index in [0.717, 1.165) is 31.4 Å². The summed E-state index contributed by atoms with van der Waals surface area (Å²) >= 11 is 0. The predicted octanol–water partition coefficient (Wildman–Crippen LogP) is 3.74. The lowest BCUT2D eigenvalue weighted by atomic mass is 10.0. The summed E-state index contributed by atoms with van der Waals surface area (Å²) in [6, 6.07) is 3.54. The second kappa shape index (κ2) is 7.13. The number of aliphatic carboxylic acids is 1. The molecule has 1 N–H and O–H groups in total. The number of hydrogen-bond acceptors (Lipinski definition) is 2. The molecule has 2 rings (SSSR count). The first kappa shape index (κ1) is 17.8. The summed E-state index contributed by atoms with van der Waals surface area (Å²) in [7, 11) is 0. The van der Waals surface area contributed by atoms with Crippen molar-refractivity contribution in [2.45, 2.75) is 31.5 Å². The van der Waals surface area contributed by atoms with Gasteiger partial charge in [-0.15, -0.1) is 12.4 Å². The molecule has 0 radical (unpaired) electrons. The van der Waals surface area contributed by atoms with Crippen molar-refractivity contribution in [2.24, 2.45) is 0 Å². The number of likely N-dealkylation sites (tertiary alicyclic amines) is 1. The van der Waals surface area contributed by atoms with E-state index < -0.39 is 23.8 Å². The average molecular weight is 324 g/mol. The predicted molar refractivity (Wildman–Crippen MR) is 74.5 cm³/mol. The van der Waals surface area contributed by atoms with Crippen LogP contribution in [0.15, 0.2) is 24.3 Å².